The quantitative estimate of drug-likeness (QED) is 0.814. The number of benzene rings is 1. The first-order valence-corrected chi connectivity index (χ1v) is 8.80. The Hall–Kier alpha value is -1.11. The minimum atomic E-state index is -3.52. The van der Waals surface area contributed by atoms with Crippen molar-refractivity contribution in [3.8, 4) is 0 Å². The van der Waals surface area contributed by atoms with E-state index in [1.54, 1.807) is 12.1 Å². The number of hydrogen-bond acceptors (Lipinski definition) is 4. The van der Waals surface area contributed by atoms with Gasteiger partial charge in [-0.2, -0.15) is 0 Å². The van der Waals surface area contributed by atoms with Gasteiger partial charge >= 0.3 is 0 Å². The first-order chi connectivity index (χ1) is 9.86. The fourth-order valence-electron chi connectivity index (χ4n) is 2.46. The molecule has 6 heteroatoms. The molecule has 0 aromatic heterocycles. The number of rotatable bonds is 5. The molecule has 1 aliphatic heterocycles. The Labute approximate surface area is 126 Å². The molecule has 0 saturated carbocycles. The Balaban J connectivity index is 2.09. The molecule has 1 aromatic carbocycles. The van der Waals surface area contributed by atoms with Crippen LogP contribution in [0.25, 0.3) is 0 Å². The van der Waals surface area contributed by atoms with Crippen molar-refractivity contribution in [2.75, 3.05) is 25.5 Å². The lowest BCUT2D eigenvalue weighted by atomic mass is 9.83. The molecule has 0 aliphatic carbocycles. The highest BCUT2D eigenvalue weighted by Crippen LogP contribution is 2.29. The lowest BCUT2D eigenvalue weighted by Crippen LogP contribution is -2.39. The van der Waals surface area contributed by atoms with Gasteiger partial charge in [-0.15, -0.1) is 0 Å². The van der Waals surface area contributed by atoms with Gasteiger partial charge in [0.2, 0.25) is 10.0 Å². The van der Waals surface area contributed by atoms with Gasteiger partial charge < -0.3 is 10.5 Å². The predicted molar refractivity (Wildman–Crippen MR) is 83.6 cm³/mol. The summed E-state index contributed by atoms with van der Waals surface area (Å²) in [5.41, 5.74) is 7.33. The summed E-state index contributed by atoms with van der Waals surface area (Å²) in [6, 6.07) is 4.93. The highest BCUT2D eigenvalue weighted by atomic mass is 32.2. The molecular weight excluding hydrogens is 288 g/mol. The van der Waals surface area contributed by atoms with E-state index < -0.39 is 10.0 Å². The Morgan fingerprint density at radius 1 is 1.33 bits per heavy atom. The molecule has 2 rings (SSSR count). The molecule has 1 saturated heterocycles. The molecule has 0 bridgehead atoms. The van der Waals surface area contributed by atoms with Gasteiger partial charge in [-0.05, 0) is 42.4 Å². The second kappa shape index (κ2) is 6.34. The van der Waals surface area contributed by atoms with E-state index in [9.17, 15) is 8.42 Å². The van der Waals surface area contributed by atoms with E-state index in [-0.39, 0.29) is 10.3 Å². The maximum Gasteiger partial charge on any atom is 0.240 e. The Bertz CT molecular complexity index is 593. The summed E-state index contributed by atoms with van der Waals surface area (Å²) in [4.78, 5) is 0.229. The van der Waals surface area contributed by atoms with Crippen molar-refractivity contribution in [3.63, 3.8) is 0 Å². The normalized spacial score (nSPS) is 18.6. The van der Waals surface area contributed by atoms with Crippen LogP contribution in [0.3, 0.4) is 0 Å². The van der Waals surface area contributed by atoms with Gasteiger partial charge in [-0.25, -0.2) is 13.1 Å². The third-order valence-electron chi connectivity index (χ3n) is 4.20. The fraction of sp³-hybridized carbons (Fsp3) is 0.600. The molecular formula is C15H24N2O3S. The Morgan fingerprint density at radius 2 is 2.00 bits per heavy atom. The summed E-state index contributed by atoms with van der Waals surface area (Å²) >= 11 is 0. The standard InChI is InChI=1S/C15H24N2O3S/c1-3-12-4-5-13(10-14(12)16)21(18,19)17-11-15(2)6-8-20-9-7-15/h4-5,10,17H,3,6-9,11,16H2,1-2H3. The van der Waals surface area contributed by atoms with E-state index in [4.69, 9.17) is 10.5 Å². The highest BCUT2D eigenvalue weighted by molar-refractivity contribution is 7.89. The first kappa shape index (κ1) is 16.3. The van der Waals surface area contributed by atoms with Gasteiger partial charge in [0, 0.05) is 25.4 Å². The van der Waals surface area contributed by atoms with Gasteiger partial charge in [-0.3, -0.25) is 0 Å². The zero-order valence-electron chi connectivity index (χ0n) is 12.7. The minimum Gasteiger partial charge on any atom is -0.398 e. The number of anilines is 1. The number of hydrogen-bond donors (Lipinski definition) is 2. The average molecular weight is 312 g/mol. The van der Waals surface area contributed by atoms with Crippen molar-refractivity contribution in [2.24, 2.45) is 5.41 Å². The van der Waals surface area contributed by atoms with E-state index >= 15 is 0 Å². The average Bonchev–Trinajstić information content (AvgIpc) is 2.46. The third-order valence-corrected chi connectivity index (χ3v) is 5.60. The van der Waals surface area contributed by atoms with Crippen molar-refractivity contribution in [3.05, 3.63) is 23.8 Å². The predicted octanol–water partition coefficient (Wildman–Crippen LogP) is 1.93. The largest absolute Gasteiger partial charge is 0.398 e. The summed E-state index contributed by atoms with van der Waals surface area (Å²) < 4.78 is 32.8. The highest BCUT2D eigenvalue weighted by Gasteiger charge is 2.29. The molecule has 21 heavy (non-hydrogen) atoms. The maximum atomic E-state index is 12.4. The molecule has 0 spiro atoms. The molecule has 0 amide bonds. The van der Waals surface area contributed by atoms with Crippen LogP contribution in [-0.4, -0.2) is 28.2 Å². The van der Waals surface area contributed by atoms with Gasteiger partial charge in [0.1, 0.15) is 0 Å². The van der Waals surface area contributed by atoms with Crippen molar-refractivity contribution >= 4 is 15.7 Å². The van der Waals surface area contributed by atoms with E-state index in [2.05, 4.69) is 11.6 Å². The Morgan fingerprint density at radius 3 is 2.57 bits per heavy atom. The molecule has 3 N–H and O–H groups in total. The summed E-state index contributed by atoms with van der Waals surface area (Å²) in [7, 11) is -3.52. The van der Waals surface area contributed by atoms with Crippen molar-refractivity contribution < 1.29 is 13.2 Å². The van der Waals surface area contributed by atoms with Gasteiger partial charge in [0.25, 0.3) is 0 Å². The van der Waals surface area contributed by atoms with Crippen LogP contribution in [-0.2, 0) is 21.2 Å². The number of sulfonamides is 1. The zero-order chi connectivity index (χ0) is 15.5. The second-order valence-electron chi connectivity index (χ2n) is 5.96. The number of nitrogen functional groups attached to an aromatic ring is 1. The van der Waals surface area contributed by atoms with E-state index in [1.165, 1.54) is 6.07 Å². The topological polar surface area (TPSA) is 81.4 Å². The molecule has 5 nitrogen and oxygen atoms in total. The number of nitrogens with one attached hydrogen (secondary N) is 1. The van der Waals surface area contributed by atoms with Crippen LogP contribution in [0, 0.1) is 5.41 Å². The zero-order valence-corrected chi connectivity index (χ0v) is 13.5. The van der Waals surface area contributed by atoms with Crippen LogP contribution in [0.5, 0.6) is 0 Å². The molecule has 1 fully saturated rings. The third kappa shape index (κ3) is 3.96. The lowest BCUT2D eigenvalue weighted by molar-refractivity contribution is 0.0265. The summed E-state index contributed by atoms with van der Waals surface area (Å²) in [6.07, 6.45) is 2.52. The molecule has 0 atom stereocenters. The van der Waals surface area contributed by atoms with E-state index in [1.807, 2.05) is 6.92 Å². The van der Waals surface area contributed by atoms with E-state index in [0.717, 1.165) is 24.8 Å². The number of ether oxygens (including phenoxy) is 1. The van der Waals surface area contributed by atoms with Crippen LogP contribution >= 0.6 is 0 Å². The smallest absolute Gasteiger partial charge is 0.240 e. The molecule has 1 heterocycles. The molecule has 0 radical (unpaired) electrons. The van der Waals surface area contributed by atoms with Crippen molar-refractivity contribution in [2.45, 2.75) is 38.0 Å². The lowest BCUT2D eigenvalue weighted by Gasteiger charge is -2.33. The maximum absolute atomic E-state index is 12.4. The van der Waals surface area contributed by atoms with Crippen molar-refractivity contribution in [1.29, 1.82) is 0 Å². The van der Waals surface area contributed by atoms with Crippen LogP contribution in [0.4, 0.5) is 5.69 Å². The second-order valence-corrected chi connectivity index (χ2v) is 7.73. The monoisotopic (exact) mass is 312 g/mol. The summed E-state index contributed by atoms with van der Waals surface area (Å²) in [5, 5.41) is 0. The molecule has 118 valence electrons. The van der Waals surface area contributed by atoms with Crippen molar-refractivity contribution in [1.82, 2.24) is 4.72 Å². The number of nitrogens with two attached hydrogens (primary N) is 1. The minimum absolute atomic E-state index is 0.0414. The van der Waals surface area contributed by atoms with Gasteiger partial charge in [0.15, 0.2) is 0 Å². The SMILES string of the molecule is CCc1ccc(S(=O)(=O)NCC2(C)CCOCC2)cc1N. The van der Waals surface area contributed by atoms with Crippen LogP contribution in [0.15, 0.2) is 23.1 Å². The molecule has 1 aliphatic rings. The van der Waals surface area contributed by atoms with Crippen LogP contribution < -0.4 is 10.5 Å². The van der Waals surface area contributed by atoms with Crippen LogP contribution in [0.2, 0.25) is 0 Å². The van der Waals surface area contributed by atoms with Crippen LogP contribution in [0.1, 0.15) is 32.3 Å². The summed E-state index contributed by atoms with van der Waals surface area (Å²) in [5.74, 6) is 0. The van der Waals surface area contributed by atoms with E-state index in [0.29, 0.717) is 25.4 Å². The molecule has 1 aromatic rings. The Kier molecular flexibility index (Phi) is 4.91. The fourth-order valence-corrected chi connectivity index (χ4v) is 3.69. The molecule has 0 unspecified atom stereocenters. The first-order valence-electron chi connectivity index (χ1n) is 7.32. The van der Waals surface area contributed by atoms with Gasteiger partial charge in [-0.1, -0.05) is 19.9 Å². The summed E-state index contributed by atoms with van der Waals surface area (Å²) in [6.45, 7) is 5.89. The number of aryl methyl sites for hydroxylation is 1. The van der Waals surface area contributed by atoms with Gasteiger partial charge in [0.05, 0.1) is 4.90 Å².